The number of carbonyl (C=O) groups is 1. The third kappa shape index (κ3) is 3.63. The minimum absolute atomic E-state index is 0.0235. The first-order valence-electron chi connectivity index (χ1n) is 5.31. The molecule has 102 valence electrons. The summed E-state index contributed by atoms with van der Waals surface area (Å²) in [6.07, 6.45) is 0. The standard InChI is InChI=1S/C10H12N4O5/c1-6(2)10(15)12-11-8-4-3-7(13(16)17)5-9(8)14(18)19/h3-6,11H,1-2H3,(H,12,15). The average Bonchev–Trinajstić information content (AvgIpc) is 2.35. The second kappa shape index (κ2) is 5.76. The number of amides is 1. The number of hydrogen-bond donors (Lipinski definition) is 2. The van der Waals surface area contributed by atoms with Crippen molar-refractivity contribution in [1.29, 1.82) is 0 Å². The molecule has 0 fully saturated rings. The van der Waals surface area contributed by atoms with Gasteiger partial charge in [0, 0.05) is 12.0 Å². The highest BCUT2D eigenvalue weighted by atomic mass is 16.6. The molecular weight excluding hydrogens is 256 g/mol. The van der Waals surface area contributed by atoms with E-state index in [1.165, 1.54) is 0 Å². The summed E-state index contributed by atoms with van der Waals surface area (Å²) in [6.45, 7) is 3.31. The van der Waals surface area contributed by atoms with Crippen LogP contribution in [0.3, 0.4) is 0 Å². The van der Waals surface area contributed by atoms with Crippen LogP contribution in [0, 0.1) is 26.1 Å². The molecule has 0 radical (unpaired) electrons. The largest absolute Gasteiger partial charge is 0.300 e. The summed E-state index contributed by atoms with van der Waals surface area (Å²) in [6, 6.07) is 3.09. The van der Waals surface area contributed by atoms with Gasteiger partial charge in [-0.3, -0.25) is 35.9 Å². The fourth-order valence-electron chi connectivity index (χ4n) is 1.16. The molecule has 0 aliphatic carbocycles. The maximum Gasteiger partial charge on any atom is 0.300 e. The van der Waals surface area contributed by atoms with Gasteiger partial charge >= 0.3 is 5.69 Å². The van der Waals surface area contributed by atoms with E-state index in [-0.39, 0.29) is 17.5 Å². The molecule has 2 N–H and O–H groups in total. The Balaban J connectivity index is 2.98. The average molecular weight is 268 g/mol. The minimum Gasteiger partial charge on any atom is -0.292 e. The van der Waals surface area contributed by atoms with E-state index in [9.17, 15) is 25.0 Å². The summed E-state index contributed by atoms with van der Waals surface area (Å²) in [5, 5.41) is 21.3. The van der Waals surface area contributed by atoms with Crippen molar-refractivity contribution in [3.63, 3.8) is 0 Å². The Bertz CT molecular complexity index is 529. The second-order valence-corrected chi connectivity index (χ2v) is 3.98. The van der Waals surface area contributed by atoms with E-state index < -0.39 is 21.2 Å². The third-order valence-corrected chi connectivity index (χ3v) is 2.23. The van der Waals surface area contributed by atoms with Crippen molar-refractivity contribution in [1.82, 2.24) is 5.43 Å². The summed E-state index contributed by atoms with van der Waals surface area (Å²) >= 11 is 0. The number of nitrogens with one attached hydrogen (secondary N) is 2. The van der Waals surface area contributed by atoms with Gasteiger partial charge < -0.3 is 0 Å². The Labute approximate surface area is 107 Å². The molecule has 0 unspecified atom stereocenters. The first kappa shape index (κ1) is 14.4. The highest BCUT2D eigenvalue weighted by Crippen LogP contribution is 2.28. The molecule has 1 amide bonds. The van der Waals surface area contributed by atoms with Crippen molar-refractivity contribution in [3.8, 4) is 0 Å². The molecule has 19 heavy (non-hydrogen) atoms. The number of hydrazine groups is 1. The highest BCUT2D eigenvalue weighted by molar-refractivity contribution is 5.80. The summed E-state index contributed by atoms with van der Waals surface area (Å²) in [5.41, 5.74) is 3.75. The summed E-state index contributed by atoms with van der Waals surface area (Å²) in [4.78, 5) is 31.2. The predicted molar refractivity (Wildman–Crippen MR) is 66.4 cm³/mol. The molecule has 9 heteroatoms. The molecule has 0 saturated heterocycles. The van der Waals surface area contributed by atoms with Crippen molar-refractivity contribution in [2.75, 3.05) is 5.43 Å². The van der Waals surface area contributed by atoms with Crippen LogP contribution in [-0.4, -0.2) is 15.8 Å². The van der Waals surface area contributed by atoms with Gasteiger partial charge in [-0.2, -0.15) is 0 Å². The van der Waals surface area contributed by atoms with Gasteiger partial charge in [0.25, 0.3) is 5.69 Å². The number of hydrogen-bond acceptors (Lipinski definition) is 6. The quantitative estimate of drug-likeness (QED) is 0.616. The first-order chi connectivity index (χ1) is 8.82. The predicted octanol–water partition coefficient (Wildman–Crippen LogP) is 1.60. The van der Waals surface area contributed by atoms with E-state index in [2.05, 4.69) is 10.9 Å². The van der Waals surface area contributed by atoms with Gasteiger partial charge in [0.2, 0.25) is 5.91 Å². The lowest BCUT2D eigenvalue weighted by Crippen LogP contribution is -2.33. The maximum absolute atomic E-state index is 11.3. The second-order valence-electron chi connectivity index (χ2n) is 3.98. The van der Waals surface area contributed by atoms with Gasteiger partial charge in [0.05, 0.1) is 15.9 Å². The number of benzene rings is 1. The van der Waals surface area contributed by atoms with Gasteiger partial charge in [-0.1, -0.05) is 13.8 Å². The third-order valence-electron chi connectivity index (χ3n) is 2.23. The molecule has 1 aromatic carbocycles. The summed E-state index contributed by atoms with van der Waals surface area (Å²) in [5.74, 6) is -0.655. The number of nitro benzene ring substituents is 2. The summed E-state index contributed by atoms with van der Waals surface area (Å²) in [7, 11) is 0. The molecule has 0 aliphatic rings. The van der Waals surface area contributed by atoms with Gasteiger partial charge in [-0.15, -0.1) is 0 Å². The van der Waals surface area contributed by atoms with E-state index in [0.29, 0.717) is 0 Å². The summed E-state index contributed by atoms with van der Waals surface area (Å²) < 4.78 is 0. The number of carbonyl (C=O) groups excluding carboxylic acids is 1. The van der Waals surface area contributed by atoms with Crippen molar-refractivity contribution in [2.45, 2.75) is 13.8 Å². The maximum atomic E-state index is 11.3. The molecule has 9 nitrogen and oxygen atoms in total. The van der Waals surface area contributed by atoms with Crippen molar-refractivity contribution in [3.05, 3.63) is 38.4 Å². The van der Waals surface area contributed by atoms with Crippen LogP contribution in [0.1, 0.15) is 13.8 Å². The molecule has 0 heterocycles. The minimum atomic E-state index is -0.767. The Morgan fingerprint density at radius 2 is 1.84 bits per heavy atom. The molecule has 1 aromatic rings. The number of non-ortho nitro benzene ring substituents is 1. The van der Waals surface area contributed by atoms with Crippen LogP contribution in [0.5, 0.6) is 0 Å². The normalized spacial score (nSPS) is 10.1. The molecule has 0 aromatic heterocycles. The zero-order valence-electron chi connectivity index (χ0n) is 10.2. The molecule has 0 saturated carbocycles. The van der Waals surface area contributed by atoms with Gasteiger partial charge in [0.15, 0.2) is 0 Å². The molecule has 0 aliphatic heterocycles. The van der Waals surface area contributed by atoms with E-state index in [1.807, 2.05) is 0 Å². The Hall–Kier alpha value is -2.71. The Kier molecular flexibility index (Phi) is 4.35. The van der Waals surface area contributed by atoms with Crippen LogP contribution in [0.2, 0.25) is 0 Å². The lowest BCUT2D eigenvalue weighted by molar-refractivity contribution is -0.393. The van der Waals surface area contributed by atoms with Gasteiger partial charge in [-0.25, -0.2) is 0 Å². The fraction of sp³-hybridized carbons (Fsp3) is 0.300. The van der Waals surface area contributed by atoms with Crippen LogP contribution in [0.25, 0.3) is 0 Å². The van der Waals surface area contributed by atoms with Crippen molar-refractivity contribution < 1.29 is 14.6 Å². The Morgan fingerprint density at radius 3 is 2.32 bits per heavy atom. The SMILES string of the molecule is CC(C)C(=O)NNc1ccc([N+](=O)[O-])cc1[N+](=O)[O-]. The van der Waals surface area contributed by atoms with Crippen LogP contribution in [0.4, 0.5) is 17.1 Å². The van der Waals surface area contributed by atoms with Gasteiger partial charge in [-0.05, 0) is 6.07 Å². The number of anilines is 1. The lowest BCUT2D eigenvalue weighted by atomic mass is 10.2. The van der Waals surface area contributed by atoms with Crippen LogP contribution in [-0.2, 0) is 4.79 Å². The van der Waals surface area contributed by atoms with E-state index in [0.717, 1.165) is 18.2 Å². The zero-order valence-corrected chi connectivity index (χ0v) is 10.2. The van der Waals surface area contributed by atoms with Crippen LogP contribution >= 0.6 is 0 Å². The molecule has 0 spiro atoms. The number of rotatable bonds is 5. The lowest BCUT2D eigenvalue weighted by Gasteiger charge is -2.10. The topological polar surface area (TPSA) is 127 Å². The van der Waals surface area contributed by atoms with E-state index in [1.54, 1.807) is 13.8 Å². The monoisotopic (exact) mass is 268 g/mol. The molecule has 0 atom stereocenters. The Morgan fingerprint density at radius 1 is 1.21 bits per heavy atom. The zero-order chi connectivity index (χ0) is 14.6. The highest BCUT2D eigenvalue weighted by Gasteiger charge is 2.19. The van der Waals surface area contributed by atoms with Crippen molar-refractivity contribution in [2.24, 2.45) is 5.92 Å². The van der Waals surface area contributed by atoms with Gasteiger partial charge in [0.1, 0.15) is 5.69 Å². The van der Waals surface area contributed by atoms with E-state index >= 15 is 0 Å². The van der Waals surface area contributed by atoms with E-state index in [4.69, 9.17) is 0 Å². The van der Waals surface area contributed by atoms with Crippen LogP contribution in [0.15, 0.2) is 18.2 Å². The van der Waals surface area contributed by atoms with Crippen molar-refractivity contribution >= 4 is 23.0 Å². The molecule has 0 bridgehead atoms. The number of nitro groups is 2. The first-order valence-corrected chi connectivity index (χ1v) is 5.31. The molecular formula is C10H12N4O5. The number of nitrogens with zero attached hydrogens (tertiary/aromatic N) is 2. The molecule has 1 rings (SSSR count). The smallest absolute Gasteiger partial charge is 0.292 e. The van der Waals surface area contributed by atoms with Crippen LogP contribution < -0.4 is 10.9 Å². The fourth-order valence-corrected chi connectivity index (χ4v) is 1.16.